The van der Waals surface area contributed by atoms with Crippen LogP contribution in [-0.2, 0) is 9.53 Å². The largest absolute Gasteiger partial charge is 0.475 e. The molecule has 1 unspecified atom stereocenters. The number of ether oxygens (including phenoxy) is 2. The van der Waals surface area contributed by atoms with E-state index in [1.54, 1.807) is 16.8 Å². The van der Waals surface area contributed by atoms with Crippen LogP contribution >= 0.6 is 0 Å². The SMILES string of the molecule is O=C(NCCOc1ccc2ncc(-c3cc4ccccc4o3)n2n1)C1CCCO1. The Kier molecular flexibility index (Phi) is 4.61. The van der Waals surface area contributed by atoms with Crippen molar-refractivity contribution in [2.75, 3.05) is 19.8 Å². The van der Waals surface area contributed by atoms with Crippen LogP contribution < -0.4 is 10.1 Å². The first-order chi connectivity index (χ1) is 14.3. The minimum absolute atomic E-state index is 0.0868. The van der Waals surface area contributed by atoms with Crippen LogP contribution in [0.2, 0.25) is 0 Å². The molecule has 1 aliphatic rings. The van der Waals surface area contributed by atoms with Gasteiger partial charge in [-0.3, -0.25) is 4.79 Å². The van der Waals surface area contributed by atoms with E-state index in [1.807, 2.05) is 36.4 Å². The van der Waals surface area contributed by atoms with Crippen molar-refractivity contribution in [1.29, 1.82) is 0 Å². The van der Waals surface area contributed by atoms with Gasteiger partial charge in [0.25, 0.3) is 0 Å². The van der Waals surface area contributed by atoms with Crippen molar-refractivity contribution >= 4 is 22.5 Å². The Hall–Kier alpha value is -3.39. The minimum atomic E-state index is -0.332. The van der Waals surface area contributed by atoms with E-state index in [9.17, 15) is 4.79 Å². The number of nitrogens with zero attached hydrogens (tertiary/aromatic N) is 3. The highest BCUT2D eigenvalue weighted by molar-refractivity contribution is 5.82. The number of carbonyl (C=O) groups is 1. The number of hydrogen-bond acceptors (Lipinski definition) is 6. The maximum absolute atomic E-state index is 11.9. The molecule has 8 nitrogen and oxygen atoms in total. The van der Waals surface area contributed by atoms with Crippen molar-refractivity contribution in [3.05, 3.63) is 48.7 Å². The number of furan rings is 1. The number of amides is 1. The van der Waals surface area contributed by atoms with Crippen LogP contribution in [0.5, 0.6) is 5.88 Å². The molecule has 5 rings (SSSR count). The van der Waals surface area contributed by atoms with Gasteiger partial charge in [-0.2, -0.15) is 0 Å². The molecular formula is C21H20N4O4. The summed E-state index contributed by atoms with van der Waals surface area (Å²) in [4.78, 5) is 16.3. The van der Waals surface area contributed by atoms with Crippen LogP contribution in [0.4, 0.5) is 0 Å². The summed E-state index contributed by atoms with van der Waals surface area (Å²) in [6, 6.07) is 13.4. The van der Waals surface area contributed by atoms with Gasteiger partial charge in [0, 0.05) is 18.1 Å². The minimum Gasteiger partial charge on any atom is -0.475 e. The third kappa shape index (κ3) is 3.54. The normalized spacial score (nSPS) is 16.5. The monoisotopic (exact) mass is 392 g/mol. The van der Waals surface area contributed by atoms with Gasteiger partial charge in [0.05, 0.1) is 12.7 Å². The third-order valence-electron chi connectivity index (χ3n) is 4.89. The van der Waals surface area contributed by atoms with E-state index in [0.29, 0.717) is 37.0 Å². The Morgan fingerprint density at radius 3 is 3.07 bits per heavy atom. The molecule has 1 saturated heterocycles. The molecule has 1 aliphatic heterocycles. The zero-order valence-electron chi connectivity index (χ0n) is 15.7. The lowest BCUT2D eigenvalue weighted by atomic mass is 10.2. The molecule has 0 aliphatic carbocycles. The molecule has 1 N–H and O–H groups in total. The lowest BCUT2D eigenvalue weighted by Gasteiger charge is -2.11. The maximum atomic E-state index is 11.9. The summed E-state index contributed by atoms with van der Waals surface area (Å²) in [5, 5.41) is 8.36. The molecule has 0 saturated carbocycles. The summed E-state index contributed by atoms with van der Waals surface area (Å²) < 4.78 is 18.7. The first kappa shape index (κ1) is 17.7. The Morgan fingerprint density at radius 2 is 2.21 bits per heavy atom. The number of para-hydroxylation sites is 1. The predicted molar refractivity (Wildman–Crippen MR) is 106 cm³/mol. The molecule has 0 radical (unpaired) electrons. The highest BCUT2D eigenvalue weighted by atomic mass is 16.5. The summed E-state index contributed by atoms with van der Waals surface area (Å²) in [6.45, 7) is 1.35. The number of hydrogen-bond donors (Lipinski definition) is 1. The van der Waals surface area contributed by atoms with Gasteiger partial charge in [0.2, 0.25) is 11.8 Å². The number of benzene rings is 1. The van der Waals surface area contributed by atoms with Gasteiger partial charge in [-0.25, -0.2) is 9.50 Å². The van der Waals surface area contributed by atoms with Crippen LogP contribution in [0.3, 0.4) is 0 Å². The van der Waals surface area contributed by atoms with Gasteiger partial charge >= 0.3 is 0 Å². The molecule has 1 fully saturated rings. The molecule has 29 heavy (non-hydrogen) atoms. The van der Waals surface area contributed by atoms with Crippen LogP contribution in [0.1, 0.15) is 12.8 Å². The fourth-order valence-electron chi connectivity index (χ4n) is 3.44. The summed E-state index contributed by atoms with van der Waals surface area (Å²) in [5.41, 5.74) is 2.25. The van der Waals surface area contributed by atoms with Crippen LogP contribution in [-0.4, -0.2) is 46.4 Å². The molecule has 0 bridgehead atoms. The average Bonchev–Trinajstić information content (AvgIpc) is 3.49. The van der Waals surface area contributed by atoms with E-state index in [1.165, 1.54) is 0 Å². The first-order valence-corrected chi connectivity index (χ1v) is 9.64. The molecule has 148 valence electrons. The second-order valence-electron chi connectivity index (χ2n) is 6.87. The van der Waals surface area contributed by atoms with E-state index in [-0.39, 0.29) is 12.0 Å². The second kappa shape index (κ2) is 7.56. The first-order valence-electron chi connectivity index (χ1n) is 9.64. The van der Waals surface area contributed by atoms with Crippen LogP contribution in [0, 0.1) is 0 Å². The number of nitrogens with one attached hydrogen (secondary N) is 1. The summed E-state index contributed by atoms with van der Waals surface area (Å²) in [5.74, 6) is 1.04. The highest BCUT2D eigenvalue weighted by Crippen LogP contribution is 2.28. The van der Waals surface area contributed by atoms with Gasteiger partial charge in [-0.05, 0) is 31.0 Å². The number of rotatable bonds is 6. The quantitative estimate of drug-likeness (QED) is 0.508. The Bertz CT molecular complexity index is 1130. The summed E-state index contributed by atoms with van der Waals surface area (Å²) >= 11 is 0. The van der Waals surface area contributed by atoms with Gasteiger partial charge in [-0.1, -0.05) is 18.2 Å². The topological polar surface area (TPSA) is 90.9 Å². The van der Waals surface area contributed by atoms with E-state index < -0.39 is 0 Å². The number of carbonyl (C=O) groups excluding carboxylic acids is 1. The number of fused-ring (bicyclic) bond motifs is 2. The summed E-state index contributed by atoms with van der Waals surface area (Å²) in [7, 11) is 0. The molecule has 4 heterocycles. The Balaban J connectivity index is 1.28. The lowest BCUT2D eigenvalue weighted by Crippen LogP contribution is -2.36. The maximum Gasteiger partial charge on any atom is 0.249 e. The fraction of sp³-hybridized carbons (Fsp3) is 0.286. The van der Waals surface area contributed by atoms with Crippen LogP contribution in [0.25, 0.3) is 28.1 Å². The average molecular weight is 392 g/mol. The molecule has 1 atom stereocenters. The fourth-order valence-corrected chi connectivity index (χ4v) is 3.44. The van der Waals surface area contributed by atoms with Crippen molar-refractivity contribution in [1.82, 2.24) is 19.9 Å². The van der Waals surface area contributed by atoms with E-state index in [0.717, 1.165) is 29.5 Å². The van der Waals surface area contributed by atoms with Crippen molar-refractivity contribution < 1.29 is 18.7 Å². The van der Waals surface area contributed by atoms with E-state index >= 15 is 0 Å². The lowest BCUT2D eigenvalue weighted by molar-refractivity contribution is -0.130. The number of imidazole rings is 1. The molecule has 1 aromatic carbocycles. The van der Waals surface area contributed by atoms with Crippen molar-refractivity contribution in [3.8, 4) is 17.3 Å². The van der Waals surface area contributed by atoms with Crippen LogP contribution in [0.15, 0.2) is 53.1 Å². The van der Waals surface area contributed by atoms with Crippen molar-refractivity contribution in [3.63, 3.8) is 0 Å². The second-order valence-corrected chi connectivity index (χ2v) is 6.87. The molecule has 0 spiro atoms. The smallest absolute Gasteiger partial charge is 0.249 e. The standard InChI is InChI=1S/C21H20N4O4/c26-21(17-6-3-10-27-17)22-9-11-28-20-8-7-19-23-13-15(25(19)24-20)18-12-14-4-1-2-5-16(14)29-18/h1-2,4-5,7-8,12-13,17H,3,6,9-11H2,(H,22,26). The van der Waals surface area contributed by atoms with E-state index in [4.69, 9.17) is 13.9 Å². The van der Waals surface area contributed by atoms with Crippen molar-refractivity contribution in [2.24, 2.45) is 0 Å². The summed E-state index contributed by atoms with van der Waals surface area (Å²) in [6.07, 6.45) is 3.10. The zero-order chi connectivity index (χ0) is 19.6. The molecule has 4 aromatic rings. The van der Waals surface area contributed by atoms with Gasteiger partial charge in [-0.15, -0.1) is 5.10 Å². The molecule has 1 amide bonds. The van der Waals surface area contributed by atoms with Gasteiger partial charge < -0.3 is 19.2 Å². The van der Waals surface area contributed by atoms with Crippen molar-refractivity contribution in [2.45, 2.75) is 18.9 Å². The van der Waals surface area contributed by atoms with Gasteiger partial charge in [0.15, 0.2) is 11.4 Å². The number of aromatic nitrogens is 3. The Morgan fingerprint density at radius 1 is 1.28 bits per heavy atom. The molecular weight excluding hydrogens is 372 g/mol. The molecule has 3 aromatic heterocycles. The zero-order valence-corrected chi connectivity index (χ0v) is 15.7. The Labute approximate surface area is 166 Å². The predicted octanol–water partition coefficient (Wildman–Crippen LogP) is 2.82. The third-order valence-corrected chi connectivity index (χ3v) is 4.89. The van der Waals surface area contributed by atoms with E-state index in [2.05, 4.69) is 15.4 Å². The van der Waals surface area contributed by atoms with Gasteiger partial charge in [0.1, 0.15) is 24.0 Å². The molecule has 8 heteroatoms. The highest BCUT2D eigenvalue weighted by Gasteiger charge is 2.22.